The van der Waals surface area contributed by atoms with Gasteiger partial charge in [-0.2, -0.15) is 0 Å². The minimum Gasteiger partial charge on any atom is -0.0610 e. The van der Waals surface area contributed by atoms with E-state index in [0.29, 0.717) is 0 Å². The van der Waals surface area contributed by atoms with E-state index in [1.807, 2.05) is 0 Å². The van der Waals surface area contributed by atoms with Crippen LogP contribution in [0.2, 0.25) is 0 Å². The molecule has 166 valence electrons. The Hall–Kier alpha value is -4.94. The normalized spacial score (nSPS) is 14.3. The first-order chi connectivity index (χ1) is 18.9. The summed E-state index contributed by atoms with van der Waals surface area (Å²) in [7, 11) is 0. The second kappa shape index (κ2) is 4.71. The maximum absolute atomic E-state index is 2.40. The third-order valence-corrected chi connectivity index (χ3v) is 10.7. The van der Waals surface area contributed by atoms with Gasteiger partial charge in [-0.1, -0.05) is 84.9 Å². The summed E-state index contributed by atoms with van der Waals surface area (Å²) in [6.45, 7) is 0. The van der Waals surface area contributed by atoms with Gasteiger partial charge in [-0.3, -0.25) is 0 Å². The summed E-state index contributed by atoms with van der Waals surface area (Å²) < 4.78 is 0. The molecule has 0 N–H and O–H groups in total. The highest BCUT2D eigenvalue weighted by Crippen LogP contribution is 2.62. The van der Waals surface area contributed by atoms with E-state index in [-0.39, 0.29) is 0 Å². The molecule has 0 spiro atoms. The molecule has 0 radical (unpaired) electrons. The van der Waals surface area contributed by atoms with E-state index >= 15 is 0 Å². The van der Waals surface area contributed by atoms with Gasteiger partial charge in [0.1, 0.15) is 0 Å². The third-order valence-electron chi connectivity index (χ3n) is 10.7. The molecule has 13 rings (SSSR count). The second-order valence-corrected chi connectivity index (χ2v) is 11.9. The third kappa shape index (κ3) is 1.30. The molecule has 0 heteroatoms. The molecule has 0 amide bonds. The van der Waals surface area contributed by atoms with Gasteiger partial charge in [-0.15, -0.1) is 0 Å². The predicted octanol–water partition coefficient (Wildman–Crippen LogP) is 11.0. The lowest BCUT2D eigenvalue weighted by atomic mass is 9.83. The molecule has 0 fully saturated rings. The largest absolute Gasteiger partial charge is 0.0610 e. The second-order valence-electron chi connectivity index (χ2n) is 11.9. The first-order valence-electron chi connectivity index (χ1n) is 13.6. The maximum Gasteiger partial charge on any atom is -0.0000249 e. The molecule has 0 aromatic heterocycles. The Morgan fingerprint density at radius 2 is 0.447 bits per heavy atom. The van der Waals surface area contributed by atoms with E-state index in [0.717, 1.165) is 0 Å². The molecule has 0 aliphatic heterocycles. The fourth-order valence-electron chi connectivity index (χ4n) is 9.56. The zero-order chi connectivity index (χ0) is 23.8. The molecule has 0 aliphatic rings. The van der Waals surface area contributed by atoms with E-state index in [2.05, 4.69) is 84.9 Å². The Morgan fingerprint density at radius 3 is 0.763 bits per heavy atom. The number of rotatable bonds is 0. The van der Waals surface area contributed by atoms with Gasteiger partial charge in [-0.05, 0) is 129 Å². The van der Waals surface area contributed by atoms with Crippen LogP contribution < -0.4 is 0 Å². The standard InChI is InChI=1S/C38H14/c1-3-17-21-11-7-15-9-13-23-19-5-2-6-20-24-14-10-16-8-12-22-18(4-1)27(17)33-35-29(21)25(15)31(23)37(35)34(28(19)20)38-32(24)26(16)30(22)36(33)38/h1-14H. The van der Waals surface area contributed by atoms with Crippen molar-refractivity contribution in [3.63, 3.8) is 0 Å². The molecular weight excluding hydrogens is 456 g/mol. The number of hydrogen-bond acceptors (Lipinski definition) is 0. The number of fused-ring (bicyclic) bond motifs is 4. The van der Waals surface area contributed by atoms with E-state index < -0.39 is 0 Å². The average Bonchev–Trinajstić information content (AvgIpc) is 3.52. The highest BCUT2D eigenvalue weighted by atomic mass is 14.3. The van der Waals surface area contributed by atoms with Crippen molar-refractivity contribution in [1.82, 2.24) is 0 Å². The van der Waals surface area contributed by atoms with Gasteiger partial charge in [0.25, 0.3) is 0 Å². The molecule has 0 saturated carbocycles. The maximum atomic E-state index is 2.40. The van der Waals surface area contributed by atoms with Crippen LogP contribution in [0.1, 0.15) is 0 Å². The lowest BCUT2D eigenvalue weighted by Crippen LogP contribution is -1.90. The zero-order valence-corrected chi connectivity index (χ0v) is 20.1. The first-order valence-corrected chi connectivity index (χ1v) is 13.6. The SMILES string of the molecule is c1cc2c3ccc4ccc5c6cccc7c8ccc9ccc%10c(c1)c2c1c2c3c4c5c2c(c67)c2c8c9c%10c12. The van der Waals surface area contributed by atoms with Crippen LogP contribution in [-0.2, 0) is 0 Å². The van der Waals surface area contributed by atoms with E-state index in [1.54, 1.807) is 0 Å². The average molecular weight is 471 g/mol. The highest BCUT2D eigenvalue weighted by Gasteiger charge is 2.33. The lowest BCUT2D eigenvalue weighted by molar-refractivity contribution is 1.86. The van der Waals surface area contributed by atoms with Crippen LogP contribution in [0, 0.1) is 0 Å². The van der Waals surface area contributed by atoms with Crippen LogP contribution in [0.25, 0.3) is 129 Å². The predicted molar refractivity (Wildman–Crippen MR) is 166 cm³/mol. The van der Waals surface area contributed by atoms with Gasteiger partial charge >= 0.3 is 0 Å². The van der Waals surface area contributed by atoms with Crippen molar-refractivity contribution < 1.29 is 0 Å². The summed E-state index contributed by atoms with van der Waals surface area (Å²) >= 11 is 0. The van der Waals surface area contributed by atoms with Crippen LogP contribution in [0.4, 0.5) is 0 Å². The highest BCUT2D eigenvalue weighted by molar-refractivity contribution is 6.64. The Labute approximate surface area is 213 Å². The van der Waals surface area contributed by atoms with Gasteiger partial charge in [0, 0.05) is 0 Å². The topological polar surface area (TPSA) is 0 Å². The number of benzene rings is 11. The van der Waals surface area contributed by atoms with Crippen molar-refractivity contribution >= 4 is 129 Å². The Morgan fingerprint density at radius 1 is 0.184 bits per heavy atom. The fourth-order valence-corrected chi connectivity index (χ4v) is 9.56. The van der Waals surface area contributed by atoms with Gasteiger partial charge in [0.2, 0.25) is 0 Å². The van der Waals surface area contributed by atoms with E-state index in [4.69, 9.17) is 0 Å². The summed E-state index contributed by atoms with van der Waals surface area (Å²) in [6.07, 6.45) is 0. The monoisotopic (exact) mass is 470 g/mol. The molecule has 0 aliphatic carbocycles. The summed E-state index contributed by atoms with van der Waals surface area (Å²) in [4.78, 5) is 0. The summed E-state index contributed by atoms with van der Waals surface area (Å²) in [5.41, 5.74) is 0. The van der Waals surface area contributed by atoms with Gasteiger partial charge < -0.3 is 0 Å². The van der Waals surface area contributed by atoms with E-state index in [1.165, 1.54) is 129 Å². The Bertz CT molecular complexity index is 2680. The summed E-state index contributed by atoms with van der Waals surface area (Å²) in [5.74, 6) is 0. The minimum atomic E-state index is 1.37. The smallest absolute Gasteiger partial charge is 0.0000249 e. The fraction of sp³-hybridized carbons (Fsp3) is 0. The quantitative estimate of drug-likeness (QED) is 0.153. The molecule has 13 aromatic rings. The van der Waals surface area contributed by atoms with Crippen molar-refractivity contribution in [2.75, 3.05) is 0 Å². The first kappa shape index (κ1) is 16.7. The lowest BCUT2D eigenvalue weighted by Gasteiger charge is -2.19. The van der Waals surface area contributed by atoms with Crippen LogP contribution >= 0.6 is 0 Å². The summed E-state index contributed by atoms with van der Waals surface area (Å²) in [6, 6.07) is 33.1. The van der Waals surface area contributed by atoms with Crippen molar-refractivity contribution in [3.8, 4) is 0 Å². The van der Waals surface area contributed by atoms with E-state index in [9.17, 15) is 0 Å². The molecule has 38 heavy (non-hydrogen) atoms. The molecular formula is C38H14. The summed E-state index contributed by atoms with van der Waals surface area (Å²) in [5, 5.41) is 34.9. The molecule has 0 unspecified atom stereocenters. The molecule has 0 bridgehead atoms. The minimum absolute atomic E-state index is 1.37. The van der Waals surface area contributed by atoms with Crippen molar-refractivity contribution in [2.24, 2.45) is 0 Å². The number of hydrogen-bond donors (Lipinski definition) is 0. The molecule has 13 aromatic carbocycles. The molecule has 0 atom stereocenters. The zero-order valence-electron chi connectivity index (χ0n) is 20.1. The van der Waals surface area contributed by atoms with Gasteiger partial charge in [0.05, 0.1) is 0 Å². The van der Waals surface area contributed by atoms with Crippen molar-refractivity contribution in [3.05, 3.63) is 84.9 Å². The van der Waals surface area contributed by atoms with Crippen LogP contribution in [0.15, 0.2) is 84.9 Å². The molecule has 0 nitrogen and oxygen atoms in total. The molecule has 0 saturated heterocycles. The van der Waals surface area contributed by atoms with Gasteiger partial charge in [0.15, 0.2) is 0 Å². The Balaban J connectivity index is 1.68. The van der Waals surface area contributed by atoms with Crippen LogP contribution in [0.5, 0.6) is 0 Å². The van der Waals surface area contributed by atoms with Crippen LogP contribution in [0.3, 0.4) is 0 Å². The Kier molecular flexibility index (Phi) is 2.07. The van der Waals surface area contributed by atoms with Crippen molar-refractivity contribution in [2.45, 2.75) is 0 Å². The van der Waals surface area contributed by atoms with Gasteiger partial charge in [-0.25, -0.2) is 0 Å². The van der Waals surface area contributed by atoms with Crippen LogP contribution in [-0.4, -0.2) is 0 Å². The van der Waals surface area contributed by atoms with Crippen molar-refractivity contribution in [1.29, 1.82) is 0 Å². The molecule has 0 heterocycles.